The number of hydrogen-bond donors (Lipinski definition) is 1. The van der Waals surface area contributed by atoms with Gasteiger partial charge in [0.1, 0.15) is 12.6 Å². The van der Waals surface area contributed by atoms with E-state index in [2.05, 4.69) is 5.32 Å². The third-order valence-corrected chi connectivity index (χ3v) is 8.18. The molecule has 0 spiro atoms. The van der Waals surface area contributed by atoms with E-state index in [0.717, 1.165) is 39.2 Å². The van der Waals surface area contributed by atoms with E-state index in [-0.39, 0.29) is 24.9 Å². The number of nitrogens with one attached hydrogen (secondary N) is 1. The molecule has 1 N–H and O–H groups in total. The Morgan fingerprint density at radius 3 is 2.23 bits per heavy atom. The van der Waals surface area contributed by atoms with Gasteiger partial charge in [-0.2, -0.15) is 0 Å². The van der Waals surface area contributed by atoms with Gasteiger partial charge in [-0.1, -0.05) is 78.7 Å². The van der Waals surface area contributed by atoms with Crippen LogP contribution >= 0.6 is 11.6 Å². The highest BCUT2D eigenvalue weighted by Crippen LogP contribution is 2.25. The molecule has 0 aliphatic carbocycles. The second-order valence-electron chi connectivity index (χ2n) is 10.2. The molecule has 3 aromatic carbocycles. The van der Waals surface area contributed by atoms with Gasteiger partial charge in [-0.05, 0) is 62.1 Å². The maximum absolute atomic E-state index is 14.1. The van der Waals surface area contributed by atoms with Gasteiger partial charge in [0.25, 0.3) is 0 Å². The van der Waals surface area contributed by atoms with Crippen LogP contribution in [0.25, 0.3) is 0 Å². The van der Waals surface area contributed by atoms with Crippen molar-refractivity contribution in [1.29, 1.82) is 0 Å². The smallest absolute Gasteiger partial charge is 0.244 e. The van der Waals surface area contributed by atoms with Crippen molar-refractivity contribution < 1.29 is 18.0 Å². The van der Waals surface area contributed by atoms with E-state index in [9.17, 15) is 18.0 Å². The van der Waals surface area contributed by atoms with E-state index < -0.39 is 28.5 Å². The number of halogens is 1. The number of carbonyl (C=O) groups is 2. The molecule has 0 aliphatic rings. The van der Waals surface area contributed by atoms with Crippen LogP contribution in [0.15, 0.2) is 72.8 Å². The van der Waals surface area contributed by atoms with Crippen molar-refractivity contribution in [2.75, 3.05) is 17.1 Å². The molecule has 0 fully saturated rings. The highest BCUT2D eigenvalue weighted by atomic mass is 35.5. The number of carbonyl (C=O) groups excluding carboxylic acids is 2. The van der Waals surface area contributed by atoms with Crippen LogP contribution in [0, 0.1) is 13.8 Å². The van der Waals surface area contributed by atoms with Crippen LogP contribution in [-0.2, 0) is 32.6 Å². The van der Waals surface area contributed by atoms with Gasteiger partial charge in [0.15, 0.2) is 0 Å². The topological polar surface area (TPSA) is 86.8 Å². The lowest BCUT2D eigenvalue weighted by molar-refractivity contribution is -0.140. The normalized spacial score (nSPS) is 12.8. The van der Waals surface area contributed by atoms with Crippen molar-refractivity contribution in [2.45, 2.75) is 59.2 Å². The van der Waals surface area contributed by atoms with Crippen LogP contribution in [0.5, 0.6) is 0 Å². The average molecular weight is 584 g/mol. The van der Waals surface area contributed by atoms with Crippen LogP contribution in [0.2, 0.25) is 5.02 Å². The van der Waals surface area contributed by atoms with Gasteiger partial charge in [-0.3, -0.25) is 13.9 Å². The molecular formula is C31H38ClN3O4S. The second-order valence-corrected chi connectivity index (χ2v) is 12.6. The van der Waals surface area contributed by atoms with Crippen LogP contribution < -0.4 is 9.62 Å². The predicted octanol–water partition coefficient (Wildman–Crippen LogP) is 5.28. The molecule has 40 heavy (non-hydrogen) atoms. The van der Waals surface area contributed by atoms with Crippen molar-refractivity contribution in [3.05, 3.63) is 100 Å². The van der Waals surface area contributed by atoms with E-state index in [1.54, 1.807) is 24.3 Å². The number of amides is 2. The summed E-state index contributed by atoms with van der Waals surface area (Å²) in [5.41, 5.74) is 3.74. The van der Waals surface area contributed by atoms with Gasteiger partial charge in [-0.15, -0.1) is 0 Å². The monoisotopic (exact) mass is 583 g/mol. The first-order valence-corrected chi connectivity index (χ1v) is 15.5. The van der Waals surface area contributed by atoms with E-state index in [1.165, 1.54) is 4.90 Å². The zero-order valence-electron chi connectivity index (χ0n) is 23.7. The summed E-state index contributed by atoms with van der Waals surface area (Å²) < 4.78 is 27.0. The van der Waals surface area contributed by atoms with Crippen molar-refractivity contribution in [3.63, 3.8) is 0 Å². The summed E-state index contributed by atoms with van der Waals surface area (Å²) in [5, 5.41) is 3.52. The molecule has 0 saturated heterocycles. The molecule has 0 radical (unpaired) electrons. The van der Waals surface area contributed by atoms with Crippen molar-refractivity contribution >= 4 is 39.1 Å². The van der Waals surface area contributed by atoms with E-state index in [0.29, 0.717) is 10.7 Å². The Balaban J connectivity index is 2.08. The van der Waals surface area contributed by atoms with Gasteiger partial charge >= 0.3 is 0 Å². The Bertz CT molecular complexity index is 1430. The first-order valence-electron chi connectivity index (χ1n) is 13.3. The minimum absolute atomic E-state index is 0.0787. The molecule has 0 heterocycles. The molecule has 7 nitrogen and oxygen atoms in total. The SMILES string of the molecule is CC[C@@H](C)NC(=O)[C@@H](Cc1ccccc1)N(Cc1cccc(Cl)c1)C(=O)CN(c1ccc(C)cc1C)S(C)(=O)=O. The lowest BCUT2D eigenvalue weighted by Crippen LogP contribution is -2.54. The first kappa shape index (κ1) is 31.2. The molecule has 0 bridgehead atoms. The maximum atomic E-state index is 14.1. The quantitative estimate of drug-likeness (QED) is 0.314. The van der Waals surface area contributed by atoms with Crippen LogP contribution in [-0.4, -0.2) is 50.0 Å². The lowest BCUT2D eigenvalue weighted by atomic mass is 10.0. The third kappa shape index (κ3) is 8.57. The second kappa shape index (κ2) is 13.8. The van der Waals surface area contributed by atoms with Gasteiger partial charge in [0.2, 0.25) is 21.8 Å². The summed E-state index contributed by atoms with van der Waals surface area (Å²) in [6.07, 6.45) is 2.07. The molecule has 3 rings (SSSR count). The summed E-state index contributed by atoms with van der Waals surface area (Å²) in [6.45, 7) is 7.24. The van der Waals surface area contributed by atoms with Gasteiger partial charge in [0, 0.05) is 24.0 Å². The van der Waals surface area contributed by atoms with E-state index in [4.69, 9.17) is 11.6 Å². The molecule has 0 unspecified atom stereocenters. The van der Waals surface area contributed by atoms with Crippen molar-refractivity contribution in [3.8, 4) is 0 Å². The molecule has 2 amide bonds. The maximum Gasteiger partial charge on any atom is 0.244 e. The van der Waals surface area contributed by atoms with Gasteiger partial charge < -0.3 is 10.2 Å². The van der Waals surface area contributed by atoms with Gasteiger partial charge in [-0.25, -0.2) is 8.42 Å². The van der Waals surface area contributed by atoms with E-state index in [1.807, 2.05) is 76.2 Å². The molecule has 214 valence electrons. The largest absolute Gasteiger partial charge is 0.352 e. The molecule has 3 aromatic rings. The van der Waals surface area contributed by atoms with E-state index >= 15 is 0 Å². The van der Waals surface area contributed by atoms with Gasteiger partial charge in [0.05, 0.1) is 11.9 Å². The molecule has 0 saturated carbocycles. The van der Waals surface area contributed by atoms with Crippen LogP contribution in [0.3, 0.4) is 0 Å². The highest BCUT2D eigenvalue weighted by Gasteiger charge is 2.33. The first-order chi connectivity index (χ1) is 18.9. The fourth-order valence-corrected chi connectivity index (χ4v) is 5.63. The number of sulfonamides is 1. The Kier molecular flexibility index (Phi) is 10.8. The standard InChI is InChI=1S/C31H38ClN3O4S/c1-6-24(4)33-31(37)29(19-25-11-8-7-9-12-25)34(20-26-13-10-14-27(32)18-26)30(36)21-35(40(5,38)39)28-16-15-22(2)17-23(28)3/h7-18,24,29H,6,19-21H2,1-5H3,(H,33,37)/t24-,29-/m1/s1. The zero-order valence-corrected chi connectivity index (χ0v) is 25.3. The molecule has 0 aliphatic heterocycles. The Hall–Kier alpha value is -3.36. The zero-order chi connectivity index (χ0) is 29.4. The summed E-state index contributed by atoms with van der Waals surface area (Å²) >= 11 is 6.25. The number of benzene rings is 3. The number of hydrogen-bond acceptors (Lipinski definition) is 4. The number of anilines is 1. The predicted molar refractivity (Wildman–Crippen MR) is 162 cm³/mol. The number of aryl methyl sites for hydroxylation is 2. The number of nitrogens with zero attached hydrogens (tertiary/aromatic N) is 2. The van der Waals surface area contributed by atoms with Crippen molar-refractivity contribution in [1.82, 2.24) is 10.2 Å². The molecule has 2 atom stereocenters. The Labute approximate surface area is 243 Å². The summed E-state index contributed by atoms with van der Waals surface area (Å²) in [5.74, 6) is -0.795. The minimum Gasteiger partial charge on any atom is -0.352 e. The van der Waals surface area contributed by atoms with Crippen LogP contribution in [0.1, 0.15) is 42.5 Å². The molecule has 0 aromatic heterocycles. The molecule has 9 heteroatoms. The Morgan fingerprint density at radius 2 is 1.62 bits per heavy atom. The van der Waals surface area contributed by atoms with Crippen LogP contribution in [0.4, 0.5) is 5.69 Å². The molecular weight excluding hydrogens is 546 g/mol. The third-order valence-electron chi connectivity index (χ3n) is 6.81. The summed E-state index contributed by atoms with van der Waals surface area (Å²) in [7, 11) is -3.83. The van der Waals surface area contributed by atoms with Crippen molar-refractivity contribution in [2.24, 2.45) is 0 Å². The fourth-order valence-electron chi connectivity index (χ4n) is 4.51. The fraction of sp³-hybridized carbons (Fsp3) is 0.355. The summed E-state index contributed by atoms with van der Waals surface area (Å²) in [6, 6.07) is 21.0. The number of rotatable bonds is 12. The average Bonchev–Trinajstić information content (AvgIpc) is 2.89. The highest BCUT2D eigenvalue weighted by molar-refractivity contribution is 7.92. The lowest BCUT2D eigenvalue weighted by Gasteiger charge is -2.34. The summed E-state index contributed by atoms with van der Waals surface area (Å²) in [4.78, 5) is 29.3. The Morgan fingerprint density at radius 1 is 0.950 bits per heavy atom. The minimum atomic E-state index is -3.83.